The lowest BCUT2D eigenvalue weighted by Gasteiger charge is -2.52. The van der Waals surface area contributed by atoms with Crippen LogP contribution in [0, 0.1) is 17.8 Å². The Morgan fingerprint density at radius 1 is 1.00 bits per heavy atom. The largest absolute Gasteiger partial charge is 0.490 e. The number of sulfonamides is 1. The number of fused-ring (bicyclic) bond motifs is 4. The van der Waals surface area contributed by atoms with Crippen molar-refractivity contribution >= 4 is 33.2 Å². The lowest BCUT2D eigenvalue weighted by Crippen LogP contribution is -2.59. The number of β-amino-alcohol motifs (C(OH)–C–C–N with tert-alkyl or cyclic N) is 1. The highest BCUT2D eigenvalue weighted by molar-refractivity contribution is 7.90. The number of hydrogen-bond acceptors (Lipinski definition) is 8. The van der Waals surface area contributed by atoms with E-state index in [0.717, 1.165) is 94.9 Å². The maximum absolute atomic E-state index is 13.6. The molecule has 51 heavy (non-hydrogen) atoms. The minimum atomic E-state index is -3.94. The van der Waals surface area contributed by atoms with E-state index in [-0.39, 0.29) is 23.2 Å². The van der Waals surface area contributed by atoms with Gasteiger partial charge in [0.1, 0.15) is 5.75 Å². The summed E-state index contributed by atoms with van der Waals surface area (Å²) in [7, 11) is -3.94. The number of nitrogens with zero attached hydrogens (tertiary/aromatic N) is 3. The Labute approximate surface area is 310 Å². The fourth-order valence-electron chi connectivity index (χ4n) is 9.84. The van der Waals surface area contributed by atoms with Crippen LogP contribution in [0.5, 0.6) is 5.75 Å². The topological polar surface area (TPSA) is 102 Å². The first kappa shape index (κ1) is 37.0. The number of aliphatic hydroxyl groups is 1. The second kappa shape index (κ2) is 14.8. The second-order valence-electron chi connectivity index (χ2n) is 16.5. The first-order valence-electron chi connectivity index (χ1n) is 19.4. The van der Waals surface area contributed by atoms with Crippen LogP contribution in [0.25, 0.3) is 0 Å². The molecule has 2 aromatic carbocycles. The van der Waals surface area contributed by atoms with Gasteiger partial charge >= 0.3 is 0 Å². The van der Waals surface area contributed by atoms with Crippen LogP contribution in [0.3, 0.4) is 0 Å². The van der Waals surface area contributed by atoms with Gasteiger partial charge in [0.15, 0.2) is 0 Å². The molecule has 1 saturated carbocycles. The number of amides is 1. The number of rotatable bonds is 4. The summed E-state index contributed by atoms with van der Waals surface area (Å²) in [4.78, 5) is 21.0. The molecule has 2 N–H and O–H groups in total. The number of anilines is 1. The molecule has 5 aliphatic rings. The number of hydrogen-bond donors (Lipinski definition) is 2. The summed E-state index contributed by atoms with van der Waals surface area (Å²) in [5.41, 5.74) is 2.50. The van der Waals surface area contributed by atoms with Crippen molar-refractivity contribution in [2.45, 2.75) is 94.8 Å². The number of nitrogens with one attached hydrogen (secondary N) is 1. The lowest BCUT2D eigenvalue weighted by molar-refractivity contribution is -0.109. The maximum Gasteiger partial charge on any atom is 0.264 e. The van der Waals surface area contributed by atoms with Gasteiger partial charge in [0.25, 0.3) is 5.91 Å². The fraction of sp³-hybridized carbons (Fsp3) is 0.675. The van der Waals surface area contributed by atoms with Gasteiger partial charge in [0, 0.05) is 61.8 Å². The van der Waals surface area contributed by atoms with Gasteiger partial charge in [-0.2, -0.15) is 0 Å². The van der Waals surface area contributed by atoms with Gasteiger partial charge in [0.05, 0.1) is 23.1 Å². The molecule has 3 heterocycles. The van der Waals surface area contributed by atoms with Crippen LogP contribution in [-0.4, -0.2) is 99.0 Å². The first-order valence-corrected chi connectivity index (χ1v) is 21.4. The highest BCUT2D eigenvalue weighted by Crippen LogP contribution is 2.49. The summed E-state index contributed by atoms with van der Waals surface area (Å²) in [6, 6.07) is 11.6. The molecule has 0 aromatic heterocycles. The van der Waals surface area contributed by atoms with Crippen LogP contribution in [-0.2, 0) is 21.9 Å². The quantitative estimate of drug-likeness (QED) is 0.402. The summed E-state index contributed by atoms with van der Waals surface area (Å²) in [5.74, 6) is 0.308. The number of halogens is 1. The Bertz CT molecular complexity index is 1700. The predicted octanol–water partition coefficient (Wildman–Crippen LogP) is 5.87. The van der Waals surface area contributed by atoms with Crippen LogP contribution < -0.4 is 14.4 Å². The van der Waals surface area contributed by atoms with E-state index in [1.54, 1.807) is 13.0 Å². The molecular weight excluding hydrogens is 684 g/mol. The molecule has 2 bridgehead atoms. The Balaban J connectivity index is 1.25. The van der Waals surface area contributed by atoms with Crippen molar-refractivity contribution in [1.82, 2.24) is 14.5 Å². The predicted molar refractivity (Wildman–Crippen MR) is 203 cm³/mol. The normalized spacial score (nSPS) is 33.3. The van der Waals surface area contributed by atoms with Gasteiger partial charge in [-0.05, 0) is 124 Å². The molecule has 280 valence electrons. The number of aryl methyl sites for hydroxylation is 1. The third-order valence-electron chi connectivity index (χ3n) is 13.2. The molecule has 11 heteroatoms. The van der Waals surface area contributed by atoms with Crippen LogP contribution in [0.1, 0.15) is 93.6 Å². The van der Waals surface area contributed by atoms with E-state index in [1.165, 1.54) is 11.1 Å². The van der Waals surface area contributed by atoms with Crippen LogP contribution in [0.2, 0.25) is 5.02 Å². The average Bonchev–Trinajstić information content (AvgIpc) is 3.23. The monoisotopic (exact) mass is 740 g/mol. The van der Waals surface area contributed by atoms with Crippen LogP contribution >= 0.6 is 11.6 Å². The van der Waals surface area contributed by atoms with Gasteiger partial charge in [-0.3, -0.25) is 9.69 Å². The minimum Gasteiger partial charge on any atom is -0.490 e. The summed E-state index contributed by atoms with van der Waals surface area (Å²) in [6.45, 7) is 13.5. The van der Waals surface area contributed by atoms with E-state index < -0.39 is 26.8 Å². The Hall–Kier alpha value is -2.37. The minimum absolute atomic E-state index is 0.128. The first-order chi connectivity index (χ1) is 24.4. The van der Waals surface area contributed by atoms with Crippen LogP contribution in [0.15, 0.2) is 36.4 Å². The van der Waals surface area contributed by atoms with Gasteiger partial charge < -0.3 is 19.6 Å². The Morgan fingerprint density at radius 3 is 2.53 bits per heavy atom. The molecule has 2 aliphatic carbocycles. The summed E-state index contributed by atoms with van der Waals surface area (Å²) in [6.07, 6.45) is 8.16. The number of ether oxygens (including phenoxy) is 1. The molecule has 9 nitrogen and oxygen atoms in total. The van der Waals surface area contributed by atoms with Crippen LogP contribution in [0.4, 0.5) is 5.69 Å². The molecule has 0 radical (unpaired) electrons. The lowest BCUT2D eigenvalue weighted by atomic mass is 9.62. The second-order valence-corrected chi connectivity index (χ2v) is 19.0. The average molecular weight is 741 g/mol. The highest BCUT2D eigenvalue weighted by Gasteiger charge is 2.49. The van der Waals surface area contributed by atoms with E-state index in [0.29, 0.717) is 43.9 Å². The zero-order chi connectivity index (χ0) is 36.0. The van der Waals surface area contributed by atoms with Crippen molar-refractivity contribution in [2.75, 3.05) is 63.9 Å². The SMILES string of the molecule is CCCN1CCN(C[C@@]2(O)CCC[C@H](C)[C@@H](C)S(=O)(=O)NC(=O)c3ccc4c(c3)N(C[C@@H]3CC[C@H]32)C[C@@]2(CCCc3cc(Cl)ccc32)CO4)CC1. The van der Waals surface area contributed by atoms with Crippen molar-refractivity contribution in [3.63, 3.8) is 0 Å². The number of benzene rings is 2. The number of carbonyl (C=O) groups excluding carboxylic acids is 1. The van der Waals surface area contributed by atoms with Crippen molar-refractivity contribution in [2.24, 2.45) is 17.8 Å². The number of piperazine rings is 1. The molecule has 6 atom stereocenters. The molecule has 1 amide bonds. The zero-order valence-electron chi connectivity index (χ0n) is 30.7. The molecule has 1 spiro atoms. The molecule has 0 unspecified atom stereocenters. The van der Waals surface area contributed by atoms with Gasteiger partial charge in [-0.1, -0.05) is 37.9 Å². The molecular formula is C40H57ClN4O5S. The van der Waals surface area contributed by atoms with E-state index in [9.17, 15) is 18.3 Å². The smallest absolute Gasteiger partial charge is 0.264 e. The van der Waals surface area contributed by atoms with Crippen molar-refractivity contribution < 1.29 is 23.1 Å². The third-order valence-corrected chi connectivity index (χ3v) is 15.3. The van der Waals surface area contributed by atoms with Crippen molar-refractivity contribution in [3.05, 3.63) is 58.1 Å². The molecule has 2 fully saturated rings. The van der Waals surface area contributed by atoms with E-state index in [1.807, 2.05) is 25.1 Å². The van der Waals surface area contributed by atoms with E-state index in [2.05, 4.69) is 38.5 Å². The maximum atomic E-state index is 13.6. The standard InChI is InChI=1S/C40H57ClN4O5S/c1-4-17-43-18-20-44(21-19-43)26-40(47)16-5-7-28(2)29(3)51(48,49)42-38(46)31-10-14-37-36(23-31)45(24-32-9-12-35(32)40)25-39(27-50-37)15-6-8-30-22-33(41)11-13-34(30)39/h10-11,13-14,22-23,28-29,32,35,47H,4-9,12,15-21,24-27H2,1-3H3,(H,42,46)/t28-,29+,32-,35+,39-,40-/m0/s1. The molecule has 2 aromatic rings. The van der Waals surface area contributed by atoms with E-state index in [4.69, 9.17) is 16.3 Å². The van der Waals surface area contributed by atoms with Gasteiger partial charge in [-0.15, -0.1) is 0 Å². The molecule has 3 aliphatic heterocycles. The van der Waals surface area contributed by atoms with E-state index >= 15 is 0 Å². The van der Waals surface area contributed by atoms with Crippen molar-refractivity contribution in [1.29, 1.82) is 0 Å². The van der Waals surface area contributed by atoms with Gasteiger partial charge in [-0.25, -0.2) is 13.1 Å². The van der Waals surface area contributed by atoms with Crippen molar-refractivity contribution in [3.8, 4) is 5.75 Å². The summed E-state index contributed by atoms with van der Waals surface area (Å²) >= 11 is 6.48. The van der Waals surface area contributed by atoms with Gasteiger partial charge in [0.2, 0.25) is 10.0 Å². The third kappa shape index (κ3) is 7.55. The Morgan fingerprint density at radius 2 is 1.78 bits per heavy atom. The zero-order valence-corrected chi connectivity index (χ0v) is 32.3. The highest BCUT2D eigenvalue weighted by atomic mass is 35.5. The summed E-state index contributed by atoms with van der Waals surface area (Å²) < 4.78 is 36.1. The fourth-order valence-corrected chi connectivity index (χ4v) is 11.3. The summed E-state index contributed by atoms with van der Waals surface area (Å²) in [5, 5.41) is 12.8. The molecule has 1 saturated heterocycles. The number of carbonyl (C=O) groups is 1. The Kier molecular flexibility index (Phi) is 10.7. The molecule has 7 rings (SSSR count).